The smallest absolute Gasteiger partial charge is 0.257 e. The van der Waals surface area contributed by atoms with E-state index < -0.39 is 0 Å². The minimum atomic E-state index is -0.331. The van der Waals surface area contributed by atoms with Gasteiger partial charge >= 0.3 is 0 Å². The lowest BCUT2D eigenvalue weighted by Gasteiger charge is -2.04. The summed E-state index contributed by atoms with van der Waals surface area (Å²) in [5.74, 6) is -0.331. The minimum Gasteiger partial charge on any atom is -0.399 e. The molecule has 0 aliphatic heterocycles. The minimum absolute atomic E-state index is 0.235. The van der Waals surface area contributed by atoms with Crippen LogP contribution in [0.4, 0.5) is 10.1 Å². The lowest BCUT2D eigenvalue weighted by Crippen LogP contribution is -2.16. The monoisotopic (exact) mass is 204 g/mol. The predicted octanol–water partition coefficient (Wildman–Crippen LogP) is 1.56. The second-order valence-corrected chi connectivity index (χ2v) is 3.14. The first-order chi connectivity index (χ1) is 7.16. The van der Waals surface area contributed by atoms with Crippen LogP contribution >= 0.6 is 0 Å². The molecule has 2 rings (SSSR count). The van der Waals surface area contributed by atoms with Gasteiger partial charge in [-0.25, -0.2) is 4.39 Å². The van der Waals surface area contributed by atoms with E-state index in [1.165, 1.54) is 34.9 Å². The van der Waals surface area contributed by atoms with Crippen LogP contribution in [-0.2, 0) is 0 Å². The molecule has 0 bridgehead atoms. The summed E-state index contributed by atoms with van der Waals surface area (Å²) in [6.07, 6.45) is 1.56. The Labute approximate surface area is 85.6 Å². The molecule has 2 N–H and O–H groups in total. The van der Waals surface area contributed by atoms with Crippen LogP contribution in [0.3, 0.4) is 0 Å². The maximum Gasteiger partial charge on any atom is 0.257 e. The highest BCUT2D eigenvalue weighted by molar-refractivity contribution is 5.39. The number of hydrogen-bond acceptors (Lipinski definition) is 2. The SMILES string of the molecule is Nc1ccn(-c2ccc(F)cc2)c(=O)c1. The number of benzene rings is 1. The molecule has 3 nitrogen and oxygen atoms in total. The molecule has 1 aromatic heterocycles. The third-order valence-corrected chi connectivity index (χ3v) is 2.05. The number of hydrogen-bond donors (Lipinski definition) is 1. The van der Waals surface area contributed by atoms with Gasteiger partial charge in [-0.1, -0.05) is 0 Å². The van der Waals surface area contributed by atoms with Crippen LogP contribution in [0.5, 0.6) is 0 Å². The van der Waals surface area contributed by atoms with Gasteiger partial charge < -0.3 is 5.73 Å². The Balaban J connectivity index is 2.55. The van der Waals surface area contributed by atoms with Crippen LogP contribution in [0.25, 0.3) is 5.69 Å². The zero-order valence-electron chi connectivity index (χ0n) is 7.85. The van der Waals surface area contributed by atoms with Gasteiger partial charge in [-0.2, -0.15) is 0 Å². The van der Waals surface area contributed by atoms with Gasteiger partial charge in [0.05, 0.1) is 0 Å². The summed E-state index contributed by atoms with van der Waals surface area (Å²) in [5.41, 5.74) is 6.25. The van der Waals surface area contributed by atoms with Crippen LogP contribution in [-0.4, -0.2) is 4.57 Å². The Bertz CT molecular complexity index is 531. The highest BCUT2D eigenvalue weighted by Crippen LogP contribution is 2.07. The molecule has 76 valence electrons. The third kappa shape index (κ3) is 1.88. The molecule has 0 atom stereocenters. The van der Waals surface area contributed by atoms with E-state index in [4.69, 9.17) is 5.73 Å². The molecule has 0 unspecified atom stereocenters. The molecule has 0 saturated heterocycles. The molecule has 15 heavy (non-hydrogen) atoms. The zero-order chi connectivity index (χ0) is 10.8. The van der Waals surface area contributed by atoms with E-state index in [2.05, 4.69) is 0 Å². The fourth-order valence-corrected chi connectivity index (χ4v) is 1.31. The van der Waals surface area contributed by atoms with E-state index in [0.29, 0.717) is 11.4 Å². The van der Waals surface area contributed by atoms with Crippen molar-refractivity contribution in [2.45, 2.75) is 0 Å². The summed E-state index contributed by atoms with van der Waals surface area (Å²) >= 11 is 0. The number of nitrogen functional groups attached to an aromatic ring is 1. The second kappa shape index (κ2) is 3.57. The van der Waals surface area contributed by atoms with Crippen LogP contribution in [0.15, 0.2) is 47.4 Å². The molecule has 0 amide bonds. The number of aromatic nitrogens is 1. The summed E-state index contributed by atoms with van der Waals surface area (Å²) in [7, 11) is 0. The maximum absolute atomic E-state index is 12.7. The molecule has 2 aromatic rings. The van der Waals surface area contributed by atoms with E-state index in [-0.39, 0.29) is 11.4 Å². The van der Waals surface area contributed by atoms with E-state index in [0.717, 1.165) is 0 Å². The van der Waals surface area contributed by atoms with Crippen molar-refractivity contribution in [3.8, 4) is 5.69 Å². The van der Waals surface area contributed by atoms with Crippen LogP contribution in [0, 0.1) is 5.82 Å². The predicted molar refractivity (Wildman–Crippen MR) is 56.4 cm³/mol. The summed E-state index contributed by atoms with van der Waals surface area (Å²) < 4.78 is 14.1. The molecule has 0 spiro atoms. The summed E-state index contributed by atoms with van der Waals surface area (Å²) in [6, 6.07) is 8.62. The average Bonchev–Trinajstić information content (AvgIpc) is 2.20. The second-order valence-electron chi connectivity index (χ2n) is 3.14. The molecule has 4 heteroatoms. The van der Waals surface area contributed by atoms with Crippen molar-refractivity contribution in [1.29, 1.82) is 0 Å². The van der Waals surface area contributed by atoms with E-state index in [1.807, 2.05) is 0 Å². The van der Waals surface area contributed by atoms with Crippen LogP contribution < -0.4 is 11.3 Å². The number of nitrogens with two attached hydrogens (primary N) is 1. The molecule has 0 aliphatic carbocycles. The van der Waals surface area contributed by atoms with E-state index in [1.54, 1.807) is 12.3 Å². The number of nitrogens with zero attached hydrogens (tertiary/aromatic N) is 1. The number of rotatable bonds is 1. The standard InChI is InChI=1S/C11H9FN2O/c12-8-1-3-10(4-2-8)14-6-5-9(13)7-11(14)15/h1-7H,13H2. The number of anilines is 1. The Kier molecular flexibility index (Phi) is 2.25. The molecule has 0 radical (unpaired) electrons. The van der Waals surface area contributed by atoms with Crippen molar-refractivity contribution >= 4 is 5.69 Å². The summed E-state index contributed by atoms with van der Waals surface area (Å²) in [6.45, 7) is 0. The summed E-state index contributed by atoms with van der Waals surface area (Å²) in [5, 5.41) is 0. The third-order valence-electron chi connectivity index (χ3n) is 2.05. The van der Waals surface area contributed by atoms with Crippen molar-refractivity contribution < 1.29 is 4.39 Å². The lowest BCUT2D eigenvalue weighted by atomic mass is 10.3. The average molecular weight is 204 g/mol. The van der Waals surface area contributed by atoms with Crippen molar-refractivity contribution in [2.75, 3.05) is 5.73 Å². The van der Waals surface area contributed by atoms with Crippen molar-refractivity contribution in [3.05, 3.63) is 58.8 Å². The molecule has 0 aliphatic rings. The number of halogens is 1. The van der Waals surface area contributed by atoms with Gasteiger partial charge in [-0.15, -0.1) is 0 Å². The Morgan fingerprint density at radius 3 is 2.40 bits per heavy atom. The highest BCUT2D eigenvalue weighted by Gasteiger charge is 1.99. The Morgan fingerprint density at radius 2 is 1.80 bits per heavy atom. The Morgan fingerprint density at radius 1 is 1.13 bits per heavy atom. The first-order valence-corrected chi connectivity index (χ1v) is 4.41. The molecular weight excluding hydrogens is 195 g/mol. The largest absolute Gasteiger partial charge is 0.399 e. The van der Waals surface area contributed by atoms with E-state index in [9.17, 15) is 9.18 Å². The maximum atomic E-state index is 12.7. The van der Waals surface area contributed by atoms with Gasteiger partial charge in [0.1, 0.15) is 5.82 Å². The lowest BCUT2D eigenvalue weighted by molar-refractivity contribution is 0.627. The highest BCUT2D eigenvalue weighted by atomic mass is 19.1. The van der Waals surface area contributed by atoms with Crippen LogP contribution in [0.1, 0.15) is 0 Å². The van der Waals surface area contributed by atoms with Gasteiger partial charge in [-0.05, 0) is 30.3 Å². The number of pyridine rings is 1. The van der Waals surface area contributed by atoms with Crippen molar-refractivity contribution in [3.63, 3.8) is 0 Å². The molecule has 1 heterocycles. The molecular formula is C11H9FN2O. The first kappa shape index (κ1) is 9.45. The Hall–Kier alpha value is -2.10. The van der Waals surface area contributed by atoms with Crippen molar-refractivity contribution in [1.82, 2.24) is 4.57 Å². The van der Waals surface area contributed by atoms with E-state index >= 15 is 0 Å². The normalized spacial score (nSPS) is 10.2. The fraction of sp³-hybridized carbons (Fsp3) is 0. The molecule has 0 fully saturated rings. The van der Waals surface area contributed by atoms with Gasteiger partial charge in [-0.3, -0.25) is 9.36 Å². The zero-order valence-corrected chi connectivity index (χ0v) is 7.85. The molecule has 0 saturated carbocycles. The van der Waals surface area contributed by atoms with Gasteiger partial charge in [0.15, 0.2) is 0 Å². The quantitative estimate of drug-likeness (QED) is 0.766. The van der Waals surface area contributed by atoms with Gasteiger partial charge in [0.2, 0.25) is 0 Å². The first-order valence-electron chi connectivity index (χ1n) is 4.41. The van der Waals surface area contributed by atoms with Crippen molar-refractivity contribution in [2.24, 2.45) is 0 Å². The van der Waals surface area contributed by atoms with Crippen LogP contribution in [0.2, 0.25) is 0 Å². The topological polar surface area (TPSA) is 48.0 Å². The van der Waals surface area contributed by atoms with Gasteiger partial charge in [0.25, 0.3) is 5.56 Å². The fourth-order valence-electron chi connectivity index (χ4n) is 1.31. The molecule has 1 aromatic carbocycles. The van der Waals surface area contributed by atoms with Gasteiger partial charge in [0, 0.05) is 23.6 Å². The summed E-state index contributed by atoms with van der Waals surface area (Å²) in [4.78, 5) is 11.5.